The summed E-state index contributed by atoms with van der Waals surface area (Å²) in [5.41, 5.74) is 1.99. The van der Waals surface area contributed by atoms with Gasteiger partial charge in [0.2, 0.25) is 0 Å². The summed E-state index contributed by atoms with van der Waals surface area (Å²) in [4.78, 5) is 28.3. The number of hydrogen-bond acceptors (Lipinski definition) is 8. The van der Waals surface area contributed by atoms with E-state index in [1.165, 1.54) is 14.2 Å². The van der Waals surface area contributed by atoms with Crippen LogP contribution in [0.2, 0.25) is 0 Å². The fraction of sp³-hybridized carbons (Fsp3) is 0.444. The summed E-state index contributed by atoms with van der Waals surface area (Å²) < 4.78 is 21.4. The van der Waals surface area contributed by atoms with Crippen molar-refractivity contribution in [1.29, 1.82) is 0 Å². The van der Waals surface area contributed by atoms with Crippen LogP contribution < -0.4 is 9.80 Å². The van der Waals surface area contributed by atoms with E-state index in [4.69, 9.17) is 18.9 Å². The molecule has 0 N–H and O–H groups in total. The second kappa shape index (κ2) is 8.73. The molecule has 0 atom stereocenters. The maximum Gasteiger partial charge on any atom is 0.355 e. The Bertz CT molecular complexity index is 760. The molecule has 0 amide bonds. The molecule has 8 nitrogen and oxygen atoms in total. The molecule has 0 unspecified atom stereocenters. The highest BCUT2D eigenvalue weighted by Crippen LogP contribution is 2.34. The molecule has 2 aliphatic heterocycles. The second-order valence-electron chi connectivity index (χ2n) is 5.95. The van der Waals surface area contributed by atoms with Crippen LogP contribution in [0.3, 0.4) is 0 Å². The van der Waals surface area contributed by atoms with Gasteiger partial charge in [0.15, 0.2) is 0 Å². The number of carbonyl (C=O) groups excluding carboxylic acids is 2. The quantitative estimate of drug-likeness (QED) is 0.654. The summed E-state index contributed by atoms with van der Waals surface area (Å²) in [6, 6.07) is 5.73. The van der Waals surface area contributed by atoms with E-state index in [9.17, 15) is 9.59 Å². The number of anilines is 2. The van der Waals surface area contributed by atoms with Gasteiger partial charge in [-0.1, -0.05) is 0 Å². The molecule has 146 valence electrons. The minimum absolute atomic E-state index is 0.0133. The predicted molar refractivity (Wildman–Crippen MR) is 102 cm³/mol. The Morgan fingerprint density at radius 2 is 1.78 bits per heavy atom. The van der Waals surface area contributed by atoms with Crippen LogP contribution in [0.1, 0.15) is 0 Å². The number of rotatable bonds is 4. The van der Waals surface area contributed by atoms with E-state index in [0.717, 1.165) is 23.2 Å². The van der Waals surface area contributed by atoms with Crippen molar-refractivity contribution in [1.82, 2.24) is 0 Å². The summed E-state index contributed by atoms with van der Waals surface area (Å²) in [7, 11) is 2.53. The molecule has 3 rings (SSSR count). The van der Waals surface area contributed by atoms with Crippen LogP contribution in [-0.2, 0) is 28.5 Å². The van der Waals surface area contributed by atoms with Gasteiger partial charge >= 0.3 is 11.9 Å². The Hall–Kier alpha value is -2.10. The van der Waals surface area contributed by atoms with Crippen LogP contribution in [0.15, 0.2) is 33.9 Å². The summed E-state index contributed by atoms with van der Waals surface area (Å²) in [5, 5.41) is 0. The third kappa shape index (κ3) is 4.10. The number of esters is 2. The normalized spacial score (nSPS) is 17.7. The lowest BCUT2D eigenvalue weighted by Crippen LogP contribution is -2.39. The highest BCUT2D eigenvalue weighted by Gasteiger charge is 2.32. The molecule has 0 spiro atoms. The zero-order chi connectivity index (χ0) is 19.4. The Kier molecular flexibility index (Phi) is 6.35. The molecular weight excluding hydrogens is 420 g/mol. The van der Waals surface area contributed by atoms with Gasteiger partial charge in [-0.2, -0.15) is 0 Å². The lowest BCUT2D eigenvalue weighted by atomic mass is 10.1. The minimum Gasteiger partial charge on any atom is -0.466 e. The van der Waals surface area contributed by atoms with Crippen molar-refractivity contribution < 1.29 is 28.5 Å². The van der Waals surface area contributed by atoms with Crippen molar-refractivity contribution in [3.05, 3.63) is 33.9 Å². The Morgan fingerprint density at radius 3 is 2.41 bits per heavy atom. The van der Waals surface area contributed by atoms with E-state index >= 15 is 0 Å². The minimum atomic E-state index is -0.621. The summed E-state index contributed by atoms with van der Waals surface area (Å²) >= 11 is 3.61. The zero-order valence-electron chi connectivity index (χ0n) is 15.2. The van der Waals surface area contributed by atoms with E-state index in [2.05, 4.69) is 20.8 Å². The maximum absolute atomic E-state index is 12.4. The highest BCUT2D eigenvalue weighted by atomic mass is 79.9. The average Bonchev–Trinajstić information content (AvgIpc) is 2.72. The molecule has 1 fully saturated rings. The lowest BCUT2D eigenvalue weighted by Gasteiger charge is -2.33. The van der Waals surface area contributed by atoms with Gasteiger partial charge < -0.3 is 28.7 Å². The predicted octanol–water partition coefficient (Wildman–Crippen LogP) is 1.68. The van der Waals surface area contributed by atoms with Crippen molar-refractivity contribution in [2.45, 2.75) is 0 Å². The van der Waals surface area contributed by atoms with Crippen molar-refractivity contribution >= 4 is 39.2 Å². The van der Waals surface area contributed by atoms with E-state index in [-0.39, 0.29) is 24.6 Å². The summed E-state index contributed by atoms with van der Waals surface area (Å²) in [6.45, 7) is 3.10. The number of hydrogen-bond donors (Lipinski definition) is 0. The van der Waals surface area contributed by atoms with Gasteiger partial charge in [-0.3, -0.25) is 0 Å². The van der Waals surface area contributed by atoms with Crippen LogP contribution in [-0.4, -0.2) is 65.8 Å². The van der Waals surface area contributed by atoms with Crippen molar-refractivity contribution in [2.75, 3.05) is 63.7 Å². The standard InChI is InChI=1S/C18H21BrN2O6/c1-24-17(22)13-10-27-11-21(16(13)18(23)25-2)12-3-4-15(14(19)9-12)20-5-7-26-8-6-20/h3-4,9H,5-8,10-11H2,1-2H3. The van der Waals surface area contributed by atoms with Crippen LogP contribution in [0, 0.1) is 0 Å². The van der Waals surface area contributed by atoms with Crippen LogP contribution in [0.4, 0.5) is 11.4 Å². The molecule has 1 saturated heterocycles. The molecule has 1 aromatic carbocycles. The average molecular weight is 441 g/mol. The molecule has 0 aliphatic carbocycles. The topological polar surface area (TPSA) is 77.5 Å². The lowest BCUT2D eigenvalue weighted by molar-refractivity contribution is -0.140. The molecule has 9 heteroatoms. The molecule has 0 aromatic heterocycles. The first-order chi connectivity index (χ1) is 13.1. The van der Waals surface area contributed by atoms with Crippen LogP contribution >= 0.6 is 15.9 Å². The van der Waals surface area contributed by atoms with Gasteiger partial charge in [-0.05, 0) is 34.1 Å². The number of benzene rings is 1. The van der Waals surface area contributed by atoms with Crippen molar-refractivity contribution in [2.24, 2.45) is 0 Å². The van der Waals surface area contributed by atoms with Gasteiger partial charge in [0.25, 0.3) is 0 Å². The summed E-state index contributed by atoms with van der Waals surface area (Å²) in [5.74, 6) is -1.24. The zero-order valence-corrected chi connectivity index (χ0v) is 16.8. The second-order valence-corrected chi connectivity index (χ2v) is 6.81. The molecule has 0 bridgehead atoms. The largest absolute Gasteiger partial charge is 0.466 e. The first kappa shape index (κ1) is 19.7. The van der Waals surface area contributed by atoms with Gasteiger partial charge in [-0.25, -0.2) is 9.59 Å². The fourth-order valence-corrected chi connectivity index (χ4v) is 3.69. The number of halogens is 1. The highest BCUT2D eigenvalue weighted by molar-refractivity contribution is 9.10. The van der Waals surface area contributed by atoms with Gasteiger partial charge in [-0.15, -0.1) is 0 Å². The van der Waals surface area contributed by atoms with E-state index in [0.29, 0.717) is 18.9 Å². The number of morpholine rings is 1. The van der Waals surface area contributed by atoms with E-state index < -0.39 is 11.9 Å². The molecule has 0 radical (unpaired) electrons. The van der Waals surface area contributed by atoms with Crippen LogP contribution in [0.5, 0.6) is 0 Å². The monoisotopic (exact) mass is 440 g/mol. The number of nitrogens with zero attached hydrogens (tertiary/aromatic N) is 2. The van der Waals surface area contributed by atoms with Crippen molar-refractivity contribution in [3.8, 4) is 0 Å². The van der Waals surface area contributed by atoms with Gasteiger partial charge in [0.1, 0.15) is 12.4 Å². The smallest absolute Gasteiger partial charge is 0.355 e. The molecule has 2 aliphatic rings. The Labute approximate surface area is 165 Å². The maximum atomic E-state index is 12.4. The summed E-state index contributed by atoms with van der Waals surface area (Å²) in [6.07, 6.45) is 0. The Balaban J connectivity index is 1.97. The van der Waals surface area contributed by atoms with Gasteiger partial charge in [0.05, 0.1) is 45.3 Å². The third-order valence-electron chi connectivity index (χ3n) is 4.43. The third-order valence-corrected chi connectivity index (χ3v) is 5.06. The molecule has 27 heavy (non-hydrogen) atoms. The van der Waals surface area contributed by atoms with E-state index in [1.807, 2.05) is 18.2 Å². The van der Waals surface area contributed by atoms with E-state index in [1.54, 1.807) is 4.90 Å². The first-order valence-corrected chi connectivity index (χ1v) is 9.23. The SMILES string of the molecule is COC(=O)C1=C(C(=O)OC)N(c2ccc(N3CCOCC3)c(Br)c2)COC1. The fourth-order valence-electron chi connectivity index (χ4n) is 3.07. The Morgan fingerprint density at radius 1 is 1.07 bits per heavy atom. The number of methoxy groups -OCH3 is 2. The number of ether oxygens (including phenoxy) is 4. The molecule has 1 aromatic rings. The number of carbonyl (C=O) groups is 2. The molecule has 2 heterocycles. The van der Waals surface area contributed by atoms with Crippen LogP contribution in [0.25, 0.3) is 0 Å². The first-order valence-electron chi connectivity index (χ1n) is 8.44. The molecule has 0 saturated carbocycles. The van der Waals surface area contributed by atoms with Gasteiger partial charge in [0, 0.05) is 23.2 Å². The van der Waals surface area contributed by atoms with Crippen molar-refractivity contribution in [3.63, 3.8) is 0 Å². The molecular formula is C18H21BrN2O6.